The van der Waals surface area contributed by atoms with Crippen molar-refractivity contribution in [1.29, 1.82) is 0 Å². The minimum atomic E-state index is -0.475. The number of aromatic hydroxyl groups is 1. The fraction of sp³-hybridized carbons (Fsp3) is 0.0667. The van der Waals surface area contributed by atoms with Gasteiger partial charge in [0, 0.05) is 5.38 Å². The Balaban J connectivity index is 1.64. The van der Waals surface area contributed by atoms with Crippen molar-refractivity contribution in [2.24, 2.45) is 0 Å². The van der Waals surface area contributed by atoms with Crippen molar-refractivity contribution in [1.82, 2.24) is 4.98 Å². The summed E-state index contributed by atoms with van der Waals surface area (Å²) in [5.74, 6) is -0.435. The second kappa shape index (κ2) is 6.07. The number of ether oxygens (including phenoxy) is 1. The summed E-state index contributed by atoms with van der Waals surface area (Å²) >= 11 is 3.15. The number of aromatic nitrogens is 1. The second-order valence-electron chi connectivity index (χ2n) is 4.25. The van der Waals surface area contributed by atoms with E-state index in [9.17, 15) is 9.90 Å². The summed E-state index contributed by atoms with van der Waals surface area (Å²) in [5.41, 5.74) is 1.04. The van der Waals surface area contributed by atoms with Crippen LogP contribution in [0.5, 0.6) is 5.75 Å². The third-order valence-electron chi connectivity index (χ3n) is 2.72. The van der Waals surface area contributed by atoms with Gasteiger partial charge >= 0.3 is 5.97 Å². The van der Waals surface area contributed by atoms with Crippen molar-refractivity contribution in [3.63, 3.8) is 0 Å². The van der Waals surface area contributed by atoms with Gasteiger partial charge in [-0.25, -0.2) is 9.78 Å². The summed E-state index contributed by atoms with van der Waals surface area (Å²) in [4.78, 5) is 17.4. The number of carbonyl (C=O) groups is 1. The van der Waals surface area contributed by atoms with E-state index in [1.165, 1.54) is 23.5 Å². The Morgan fingerprint density at radius 3 is 2.90 bits per heavy atom. The summed E-state index contributed by atoms with van der Waals surface area (Å²) in [5, 5.41) is 14.1. The highest BCUT2D eigenvalue weighted by Gasteiger charge is 2.10. The first-order valence-electron chi connectivity index (χ1n) is 6.17. The van der Waals surface area contributed by atoms with Crippen LogP contribution in [0.3, 0.4) is 0 Å². The van der Waals surface area contributed by atoms with E-state index in [0.717, 1.165) is 15.6 Å². The quantitative estimate of drug-likeness (QED) is 0.741. The molecule has 3 aromatic rings. The van der Waals surface area contributed by atoms with Crippen LogP contribution in [0, 0.1) is 0 Å². The highest BCUT2D eigenvalue weighted by Crippen LogP contribution is 2.28. The molecule has 0 aliphatic carbocycles. The standard InChI is InChI=1S/C15H11NO3S2/c17-12-4-1-3-10(7-12)15(18)19-8-11-9-21-14(16-11)13-5-2-6-20-13/h1-7,9,17H,8H2. The fourth-order valence-corrected chi connectivity index (χ4v) is 3.36. The molecule has 0 spiro atoms. The van der Waals surface area contributed by atoms with Gasteiger partial charge in [-0.05, 0) is 29.6 Å². The van der Waals surface area contributed by atoms with Crippen LogP contribution < -0.4 is 0 Å². The van der Waals surface area contributed by atoms with Gasteiger partial charge in [-0.15, -0.1) is 22.7 Å². The minimum Gasteiger partial charge on any atom is -0.508 e. The number of esters is 1. The van der Waals surface area contributed by atoms with Crippen LogP contribution in [0.25, 0.3) is 9.88 Å². The average Bonchev–Trinajstić information content (AvgIpc) is 3.15. The Morgan fingerprint density at radius 1 is 1.24 bits per heavy atom. The fourth-order valence-electron chi connectivity index (χ4n) is 1.74. The van der Waals surface area contributed by atoms with Gasteiger partial charge in [-0.3, -0.25) is 0 Å². The molecule has 4 nitrogen and oxygen atoms in total. The molecule has 2 aromatic heterocycles. The van der Waals surface area contributed by atoms with Gasteiger partial charge in [0.15, 0.2) is 0 Å². The molecule has 0 saturated heterocycles. The maximum absolute atomic E-state index is 11.9. The van der Waals surface area contributed by atoms with Crippen LogP contribution in [-0.4, -0.2) is 16.1 Å². The van der Waals surface area contributed by atoms with E-state index in [4.69, 9.17) is 4.74 Å². The van der Waals surface area contributed by atoms with Crippen LogP contribution in [0.4, 0.5) is 0 Å². The number of rotatable bonds is 4. The topological polar surface area (TPSA) is 59.4 Å². The molecule has 0 aliphatic heterocycles. The summed E-state index contributed by atoms with van der Waals surface area (Å²) in [6.07, 6.45) is 0. The van der Waals surface area contributed by atoms with Crippen molar-refractivity contribution in [2.75, 3.05) is 0 Å². The van der Waals surface area contributed by atoms with Crippen molar-refractivity contribution in [3.8, 4) is 15.6 Å². The van der Waals surface area contributed by atoms with Gasteiger partial charge < -0.3 is 9.84 Å². The second-order valence-corrected chi connectivity index (χ2v) is 6.05. The van der Waals surface area contributed by atoms with Crippen LogP contribution in [0.1, 0.15) is 16.1 Å². The van der Waals surface area contributed by atoms with E-state index in [-0.39, 0.29) is 12.4 Å². The van der Waals surface area contributed by atoms with Gasteiger partial charge in [0.25, 0.3) is 0 Å². The van der Waals surface area contributed by atoms with Gasteiger partial charge in [-0.2, -0.15) is 0 Å². The van der Waals surface area contributed by atoms with Crippen molar-refractivity contribution in [3.05, 3.63) is 58.4 Å². The number of thiophene rings is 1. The maximum atomic E-state index is 11.9. The van der Waals surface area contributed by atoms with Crippen LogP contribution in [0.2, 0.25) is 0 Å². The molecular formula is C15H11NO3S2. The molecule has 1 aromatic carbocycles. The highest BCUT2D eigenvalue weighted by atomic mass is 32.1. The van der Waals surface area contributed by atoms with Crippen LogP contribution >= 0.6 is 22.7 Å². The molecule has 1 N–H and O–H groups in total. The van der Waals surface area contributed by atoms with Gasteiger partial charge in [-0.1, -0.05) is 12.1 Å². The van der Waals surface area contributed by atoms with E-state index >= 15 is 0 Å². The van der Waals surface area contributed by atoms with Crippen molar-refractivity contribution in [2.45, 2.75) is 6.61 Å². The number of nitrogens with zero attached hydrogens (tertiary/aromatic N) is 1. The Labute approximate surface area is 129 Å². The summed E-state index contributed by atoms with van der Waals surface area (Å²) in [6, 6.07) is 10.1. The Bertz CT molecular complexity index is 750. The lowest BCUT2D eigenvalue weighted by atomic mass is 10.2. The maximum Gasteiger partial charge on any atom is 0.338 e. The molecule has 0 amide bonds. The smallest absolute Gasteiger partial charge is 0.338 e. The van der Waals surface area contributed by atoms with Crippen LogP contribution in [0.15, 0.2) is 47.2 Å². The minimum absolute atomic E-state index is 0.0399. The molecule has 0 unspecified atom stereocenters. The van der Waals surface area contributed by atoms with E-state index in [1.807, 2.05) is 22.9 Å². The predicted molar refractivity (Wildman–Crippen MR) is 82.7 cm³/mol. The number of phenolic OH excluding ortho intramolecular Hbond substituents is 1. The zero-order valence-corrected chi connectivity index (χ0v) is 12.5. The third-order valence-corrected chi connectivity index (χ3v) is 4.65. The summed E-state index contributed by atoms with van der Waals surface area (Å²) in [6.45, 7) is 0.121. The van der Waals surface area contributed by atoms with Crippen molar-refractivity contribution >= 4 is 28.6 Å². The Morgan fingerprint density at radius 2 is 2.14 bits per heavy atom. The third kappa shape index (κ3) is 3.29. The molecule has 21 heavy (non-hydrogen) atoms. The monoisotopic (exact) mass is 317 g/mol. The molecule has 2 heterocycles. The number of hydrogen-bond acceptors (Lipinski definition) is 6. The number of carbonyl (C=O) groups excluding carboxylic acids is 1. The van der Waals surface area contributed by atoms with Gasteiger partial charge in [0.05, 0.1) is 16.1 Å². The normalized spacial score (nSPS) is 10.5. The Hall–Kier alpha value is -2.18. The average molecular weight is 317 g/mol. The zero-order valence-electron chi connectivity index (χ0n) is 10.9. The molecular weight excluding hydrogens is 306 g/mol. The molecule has 3 rings (SSSR count). The molecule has 0 atom stereocenters. The van der Waals surface area contributed by atoms with Gasteiger partial charge in [0.1, 0.15) is 17.4 Å². The molecule has 106 valence electrons. The number of thiazole rings is 1. The molecule has 0 radical (unpaired) electrons. The summed E-state index contributed by atoms with van der Waals surface area (Å²) in [7, 11) is 0. The first kappa shape index (κ1) is 13.8. The molecule has 0 bridgehead atoms. The Kier molecular flexibility index (Phi) is 3.98. The van der Waals surface area contributed by atoms with E-state index < -0.39 is 5.97 Å². The summed E-state index contributed by atoms with van der Waals surface area (Å²) < 4.78 is 5.20. The zero-order chi connectivity index (χ0) is 14.7. The lowest BCUT2D eigenvalue weighted by Crippen LogP contribution is -2.05. The number of phenols is 1. The largest absolute Gasteiger partial charge is 0.508 e. The molecule has 0 aliphatic rings. The lowest BCUT2D eigenvalue weighted by molar-refractivity contribution is 0.0468. The van der Waals surface area contributed by atoms with E-state index in [0.29, 0.717) is 5.56 Å². The van der Waals surface area contributed by atoms with E-state index in [2.05, 4.69) is 4.98 Å². The number of hydrogen-bond donors (Lipinski definition) is 1. The first-order valence-corrected chi connectivity index (χ1v) is 7.93. The lowest BCUT2D eigenvalue weighted by Gasteiger charge is -2.03. The first-order chi connectivity index (χ1) is 10.2. The highest BCUT2D eigenvalue weighted by molar-refractivity contribution is 7.20. The predicted octanol–water partition coefficient (Wildman–Crippen LogP) is 3.93. The molecule has 0 saturated carbocycles. The number of benzene rings is 1. The van der Waals surface area contributed by atoms with Crippen molar-refractivity contribution < 1.29 is 14.6 Å². The van der Waals surface area contributed by atoms with E-state index in [1.54, 1.807) is 23.5 Å². The van der Waals surface area contributed by atoms with Crippen LogP contribution in [-0.2, 0) is 11.3 Å². The SMILES string of the molecule is O=C(OCc1csc(-c2cccs2)n1)c1cccc(O)c1. The molecule has 6 heteroatoms. The molecule has 0 fully saturated rings. The van der Waals surface area contributed by atoms with Gasteiger partial charge in [0.2, 0.25) is 0 Å².